The topological polar surface area (TPSA) is 70.0 Å². The van der Waals surface area contributed by atoms with Crippen molar-refractivity contribution in [1.29, 1.82) is 0 Å². The van der Waals surface area contributed by atoms with Crippen molar-refractivity contribution in [3.63, 3.8) is 0 Å². The van der Waals surface area contributed by atoms with Gasteiger partial charge in [0, 0.05) is 49.6 Å². The molecule has 6 nitrogen and oxygen atoms in total. The molecule has 2 aromatic carbocycles. The largest absolute Gasteiger partial charge is 0.361 e. The highest BCUT2D eigenvalue weighted by molar-refractivity contribution is 5.84. The Hall–Kier alpha value is -3.54. The van der Waals surface area contributed by atoms with Crippen LogP contribution in [0.25, 0.3) is 16.6 Å². The number of hydrogen-bond acceptors (Lipinski definition) is 2. The summed E-state index contributed by atoms with van der Waals surface area (Å²) in [4.78, 5) is 7.70. The average molecular weight is 401 g/mol. The van der Waals surface area contributed by atoms with E-state index < -0.39 is 0 Å². The Bertz CT molecular complexity index is 1110. The van der Waals surface area contributed by atoms with Crippen molar-refractivity contribution < 1.29 is 0 Å². The van der Waals surface area contributed by atoms with E-state index >= 15 is 0 Å². The van der Waals surface area contributed by atoms with Gasteiger partial charge >= 0.3 is 0 Å². The minimum absolute atomic E-state index is 0.827. The lowest BCUT2D eigenvalue weighted by Crippen LogP contribution is -2.39. The molecule has 0 aliphatic rings. The van der Waals surface area contributed by atoms with Gasteiger partial charge in [0.25, 0.3) is 0 Å². The summed E-state index contributed by atoms with van der Waals surface area (Å²) < 4.78 is 1.86. The van der Waals surface area contributed by atoms with Gasteiger partial charge in [-0.2, -0.15) is 5.10 Å². The van der Waals surface area contributed by atoms with Crippen molar-refractivity contribution in [3.8, 4) is 5.69 Å². The zero-order chi connectivity index (χ0) is 20.8. The van der Waals surface area contributed by atoms with Crippen molar-refractivity contribution in [1.82, 2.24) is 25.4 Å². The van der Waals surface area contributed by atoms with E-state index in [-0.39, 0.29) is 0 Å². The Kier molecular flexibility index (Phi) is 6.13. The molecule has 0 radical (unpaired) electrons. The number of hydrogen-bond donors (Lipinski definition) is 3. The quantitative estimate of drug-likeness (QED) is 0.328. The van der Waals surface area contributed by atoms with E-state index in [9.17, 15) is 0 Å². The molecule has 4 aromatic rings. The predicted octanol–water partition coefficient (Wildman–Crippen LogP) is 3.61. The molecule has 0 amide bonds. The molecule has 30 heavy (non-hydrogen) atoms. The fourth-order valence-corrected chi connectivity index (χ4v) is 3.61. The van der Waals surface area contributed by atoms with Gasteiger partial charge in [-0.25, -0.2) is 4.68 Å². The molecule has 3 N–H and O–H groups in total. The minimum Gasteiger partial charge on any atom is -0.361 e. The number of fused-ring (bicyclic) bond motifs is 1. The lowest BCUT2D eigenvalue weighted by Gasteiger charge is -2.12. The van der Waals surface area contributed by atoms with E-state index in [1.165, 1.54) is 27.6 Å². The molecular weight excluding hydrogens is 372 g/mol. The molecule has 2 aromatic heterocycles. The second kappa shape index (κ2) is 9.31. The third-order valence-corrected chi connectivity index (χ3v) is 5.24. The van der Waals surface area contributed by atoms with Crippen LogP contribution in [0, 0.1) is 6.92 Å². The Morgan fingerprint density at radius 1 is 1.07 bits per heavy atom. The van der Waals surface area contributed by atoms with Crippen LogP contribution in [0.1, 0.15) is 16.7 Å². The zero-order valence-corrected chi connectivity index (χ0v) is 17.5. The monoisotopic (exact) mass is 400 g/mol. The maximum absolute atomic E-state index is 4.33. The molecule has 0 aliphatic heterocycles. The van der Waals surface area contributed by atoms with E-state index in [1.807, 2.05) is 24.0 Å². The van der Waals surface area contributed by atoms with Crippen molar-refractivity contribution in [2.75, 3.05) is 20.1 Å². The molecule has 0 spiro atoms. The molecule has 0 fully saturated rings. The van der Waals surface area contributed by atoms with Crippen LogP contribution in [-0.2, 0) is 12.8 Å². The first-order chi connectivity index (χ1) is 14.7. The third kappa shape index (κ3) is 4.71. The molecular formula is C24H28N6. The molecule has 2 heterocycles. The van der Waals surface area contributed by atoms with Gasteiger partial charge in [-0.05, 0) is 60.7 Å². The fraction of sp³-hybridized carbons (Fsp3) is 0.250. The third-order valence-electron chi connectivity index (χ3n) is 5.24. The number of benzene rings is 2. The Balaban J connectivity index is 1.23. The Morgan fingerprint density at radius 2 is 1.87 bits per heavy atom. The lowest BCUT2D eigenvalue weighted by atomic mass is 10.1. The van der Waals surface area contributed by atoms with Crippen LogP contribution in [0.15, 0.2) is 72.1 Å². The summed E-state index contributed by atoms with van der Waals surface area (Å²) in [5, 5.41) is 12.4. The normalized spacial score (nSPS) is 11.7. The fourth-order valence-electron chi connectivity index (χ4n) is 3.61. The maximum Gasteiger partial charge on any atom is 0.190 e. The first-order valence-corrected chi connectivity index (χ1v) is 10.3. The van der Waals surface area contributed by atoms with Crippen LogP contribution in [0.3, 0.4) is 0 Å². The van der Waals surface area contributed by atoms with E-state index in [4.69, 9.17) is 0 Å². The number of aromatic nitrogens is 3. The molecule has 0 atom stereocenters. The molecule has 0 unspecified atom stereocenters. The summed E-state index contributed by atoms with van der Waals surface area (Å²) in [6.07, 6.45) is 7.72. The highest BCUT2D eigenvalue weighted by Gasteiger charge is 2.05. The first kappa shape index (κ1) is 19.8. The zero-order valence-electron chi connectivity index (χ0n) is 17.5. The van der Waals surface area contributed by atoms with E-state index in [2.05, 4.69) is 81.3 Å². The van der Waals surface area contributed by atoms with Crippen LogP contribution in [0.5, 0.6) is 0 Å². The number of guanidine groups is 1. The number of aromatic amines is 1. The van der Waals surface area contributed by atoms with Gasteiger partial charge in [0.15, 0.2) is 5.96 Å². The summed E-state index contributed by atoms with van der Waals surface area (Å²) in [6.45, 7) is 3.78. The average Bonchev–Trinajstić information content (AvgIpc) is 3.43. The smallest absolute Gasteiger partial charge is 0.190 e. The van der Waals surface area contributed by atoms with Gasteiger partial charge in [0.1, 0.15) is 0 Å². The van der Waals surface area contributed by atoms with Gasteiger partial charge in [0.05, 0.1) is 5.69 Å². The molecule has 0 bridgehead atoms. The van der Waals surface area contributed by atoms with E-state index in [1.54, 1.807) is 6.20 Å². The molecule has 0 saturated carbocycles. The second-order valence-electron chi connectivity index (χ2n) is 7.41. The second-order valence-corrected chi connectivity index (χ2v) is 7.41. The molecule has 154 valence electrons. The number of nitrogens with zero attached hydrogens (tertiary/aromatic N) is 3. The highest BCUT2D eigenvalue weighted by Crippen LogP contribution is 2.19. The van der Waals surface area contributed by atoms with Crippen molar-refractivity contribution in [3.05, 3.63) is 83.8 Å². The highest BCUT2D eigenvalue weighted by atomic mass is 15.3. The number of rotatable bonds is 7. The SMILES string of the molecule is CN=C(NCCc1ccc(-n2cccn2)cc1)NCCc1c[nH]c2cc(C)ccc12. The summed E-state index contributed by atoms with van der Waals surface area (Å²) in [7, 11) is 1.81. The minimum atomic E-state index is 0.827. The van der Waals surface area contributed by atoms with Crippen molar-refractivity contribution in [2.45, 2.75) is 19.8 Å². The molecule has 4 rings (SSSR count). The van der Waals surface area contributed by atoms with Crippen LogP contribution >= 0.6 is 0 Å². The van der Waals surface area contributed by atoms with Crippen molar-refractivity contribution >= 4 is 16.9 Å². The standard InChI is InChI=1S/C24H28N6/c1-18-4-9-22-20(17-28-23(22)16-18)11-14-27-24(25-2)26-13-10-19-5-7-21(8-6-19)30-15-3-12-29-30/h3-9,12,15-17,28H,10-11,13-14H2,1-2H3,(H2,25,26,27). The van der Waals surface area contributed by atoms with E-state index in [0.717, 1.165) is 37.6 Å². The Morgan fingerprint density at radius 3 is 2.60 bits per heavy atom. The Labute approximate surface area is 177 Å². The van der Waals surface area contributed by atoms with Crippen LogP contribution in [0.4, 0.5) is 0 Å². The van der Waals surface area contributed by atoms with Crippen LogP contribution in [0.2, 0.25) is 0 Å². The number of nitrogens with one attached hydrogen (secondary N) is 3. The summed E-state index contributed by atoms with van der Waals surface area (Å²) in [5.74, 6) is 0.832. The van der Waals surface area contributed by atoms with Gasteiger partial charge < -0.3 is 15.6 Å². The van der Waals surface area contributed by atoms with Gasteiger partial charge in [-0.1, -0.05) is 24.3 Å². The van der Waals surface area contributed by atoms with Crippen molar-refractivity contribution in [2.24, 2.45) is 4.99 Å². The number of aliphatic imine (C=N–C) groups is 1. The van der Waals surface area contributed by atoms with Crippen LogP contribution in [-0.4, -0.2) is 40.9 Å². The lowest BCUT2D eigenvalue weighted by molar-refractivity contribution is 0.785. The molecule has 0 aliphatic carbocycles. The van der Waals surface area contributed by atoms with Gasteiger partial charge in [-0.15, -0.1) is 0 Å². The molecule has 6 heteroatoms. The summed E-state index contributed by atoms with van der Waals surface area (Å²) in [6, 6.07) is 17.0. The van der Waals surface area contributed by atoms with E-state index in [0.29, 0.717) is 0 Å². The summed E-state index contributed by atoms with van der Waals surface area (Å²) in [5.41, 5.74) is 6.15. The summed E-state index contributed by atoms with van der Waals surface area (Å²) >= 11 is 0. The molecule has 0 saturated heterocycles. The van der Waals surface area contributed by atoms with Crippen LogP contribution < -0.4 is 10.6 Å². The van der Waals surface area contributed by atoms with Gasteiger partial charge in [-0.3, -0.25) is 4.99 Å². The first-order valence-electron chi connectivity index (χ1n) is 10.3. The predicted molar refractivity (Wildman–Crippen MR) is 123 cm³/mol. The number of H-pyrrole nitrogens is 1. The van der Waals surface area contributed by atoms with Gasteiger partial charge in [0.2, 0.25) is 0 Å². The number of aryl methyl sites for hydroxylation is 1. The maximum atomic E-state index is 4.33.